The summed E-state index contributed by atoms with van der Waals surface area (Å²) in [5, 5.41) is 21.0. The Labute approximate surface area is 167 Å². The second-order valence-electron chi connectivity index (χ2n) is 8.19. The predicted octanol–water partition coefficient (Wildman–Crippen LogP) is -0.779. The van der Waals surface area contributed by atoms with Gasteiger partial charge in [0.2, 0.25) is 0 Å². The van der Waals surface area contributed by atoms with E-state index in [9.17, 15) is 29.4 Å². The van der Waals surface area contributed by atoms with Crippen LogP contribution in [-0.4, -0.2) is 77.4 Å². The molecule has 0 aromatic carbocycles. The quantitative estimate of drug-likeness (QED) is 0.491. The number of fused-ring (bicyclic) bond motifs is 3. The van der Waals surface area contributed by atoms with Gasteiger partial charge in [-0.3, -0.25) is 19.2 Å². The number of hydrogen-bond acceptors (Lipinski definition) is 8. The van der Waals surface area contributed by atoms with Crippen LogP contribution in [0.3, 0.4) is 0 Å². The van der Waals surface area contributed by atoms with Crippen LogP contribution in [-0.2, 0) is 19.2 Å². The minimum Gasteiger partial charge on any atom is -0.387 e. The maximum atomic E-state index is 13.7. The molecule has 7 rings (SSSR count). The highest BCUT2D eigenvalue weighted by molar-refractivity contribution is 8.78. The predicted molar refractivity (Wildman–Crippen MR) is 98.4 cm³/mol. The van der Waals surface area contributed by atoms with Gasteiger partial charge in [0.05, 0.1) is 24.3 Å². The van der Waals surface area contributed by atoms with Crippen molar-refractivity contribution < 1.29 is 29.4 Å². The van der Waals surface area contributed by atoms with Crippen LogP contribution in [0.1, 0.15) is 12.8 Å². The van der Waals surface area contributed by atoms with Crippen LogP contribution in [0, 0.1) is 11.8 Å². The Bertz CT molecular complexity index is 861. The number of carbonyl (C=O) groups is 4. The third-order valence-electron chi connectivity index (χ3n) is 6.96. The lowest BCUT2D eigenvalue weighted by molar-refractivity contribution is -0.169. The molecular weight excluding hydrogens is 404 g/mol. The highest BCUT2D eigenvalue weighted by atomic mass is 33.1. The van der Waals surface area contributed by atoms with E-state index in [-0.39, 0.29) is 36.2 Å². The number of nitrogens with zero attached hydrogens (tertiary/aromatic N) is 2. The molecule has 2 N–H and O–H groups in total. The summed E-state index contributed by atoms with van der Waals surface area (Å²) in [6.45, 7) is 0. The molecule has 5 heterocycles. The third kappa shape index (κ3) is 1.67. The summed E-state index contributed by atoms with van der Waals surface area (Å²) < 4.78 is 0. The molecule has 0 saturated carbocycles. The lowest BCUT2D eigenvalue weighted by Crippen LogP contribution is -2.77. The molecule has 5 fully saturated rings. The minimum absolute atomic E-state index is 0.129. The smallest absolute Gasteiger partial charge is 0.261 e. The van der Waals surface area contributed by atoms with Gasteiger partial charge in [0, 0.05) is 24.7 Å². The first-order chi connectivity index (χ1) is 13.3. The van der Waals surface area contributed by atoms with Gasteiger partial charge in [-0.1, -0.05) is 33.7 Å². The number of rotatable bonds is 0. The van der Waals surface area contributed by atoms with Crippen LogP contribution in [0.15, 0.2) is 24.3 Å². The zero-order valence-corrected chi connectivity index (χ0v) is 16.1. The molecule has 8 nitrogen and oxygen atoms in total. The molecule has 2 spiro atoms. The molecule has 2 bridgehead atoms. The number of aliphatic hydroxyl groups is 2. The molecule has 7 aliphatic rings. The Morgan fingerprint density at radius 1 is 0.786 bits per heavy atom. The van der Waals surface area contributed by atoms with Crippen LogP contribution in [0.2, 0.25) is 0 Å². The molecule has 2 amide bonds. The largest absolute Gasteiger partial charge is 0.387 e. The average molecular weight is 420 g/mol. The summed E-state index contributed by atoms with van der Waals surface area (Å²) >= 11 is 0. The van der Waals surface area contributed by atoms with E-state index in [1.54, 1.807) is 0 Å². The van der Waals surface area contributed by atoms with E-state index >= 15 is 0 Å². The Morgan fingerprint density at radius 2 is 1.18 bits per heavy atom. The summed E-state index contributed by atoms with van der Waals surface area (Å²) in [7, 11) is 2.51. The lowest BCUT2D eigenvalue weighted by Gasteiger charge is -2.58. The standard InChI is InChI=1S/C18H16N2O6S2/c21-9-1-3-11(23)13-7(9)5-17-15(25)20-14-8(10(22)2-4-12(14)24)6-18(20,28-27-17)16(26)19(13)17/h1-4,7-8,11-14,23-24H,5-6H2/t7-,8+,11-,12-,13-,14-,17?,18?/m0/s1. The summed E-state index contributed by atoms with van der Waals surface area (Å²) in [5.74, 6) is -2.35. The fourth-order valence-corrected chi connectivity index (χ4v) is 9.60. The molecular formula is C18H16N2O6S2. The van der Waals surface area contributed by atoms with Crippen LogP contribution in [0.4, 0.5) is 0 Å². The molecule has 0 aromatic heterocycles. The van der Waals surface area contributed by atoms with Gasteiger partial charge < -0.3 is 20.0 Å². The van der Waals surface area contributed by atoms with Crippen molar-refractivity contribution in [3.05, 3.63) is 24.3 Å². The van der Waals surface area contributed by atoms with Crippen molar-refractivity contribution in [1.29, 1.82) is 0 Å². The van der Waals surface area contributed by atoms with E-state index in [1.165, 1.54) is 55.7 Å². The normalized spacial score (nSPS) is 50.8. The van der Waals surface area contributed by atoms with Crippen molar-refractivity contribution in [2.45, 2.75) is 46.9 Å². The fourth-order valence-electron chi connectivity index (χ4n) is 5.77. The molecule has 146 valence electrons. The van der Waals surface area contributed by atoms with Gasteiger partial charge in [-0.15, -0.1) is 0 Å². The van der Waals surface area contributed by atoms with E-state index in [0.29, 0.717) is 0 Å². The first-order valence-electron chi connectivity index (χ1n) is 9.16. The number of allylic oxidation sites excluding steroid dienone is 2. The van der Waals surface area contributed by atoms with E-state index in [4.69, 9.17) is 0 Å². The second kappa shape index (κ2) is 5.10. The first kappa shape index (κ1) is 17.3. The Kier molecular flexibility index (Phi) is 3.14. The van der Waals surface area contributed by atoms with Crippen molar-refractivity contribution in [2.24, 2.45) is 11.8 Å². The molecule has 5 aliphatic heterocycles. The summed E-state index contributed by atoms with van der Waals surface area (Å²) in [6.07, 6.45) is 3.61. The van der Waals surface area contributed by atoms with Crippen molar-refractivity contribution in [3.8, 4) is 0 Å². The molecule has 0 aromatic rings. The number of aliphatic hydroxyl groups excluding tert-OH is 2. The van der Waals surface area contributed by atoms with Crippen LogP contribution < -0.4 is 0 Å². The zero-order valence-electron chi connectivity index (χ0n) is 14.4. The van der Waals surface area contributed by atoms with Crippen molar-refractivity contribution in [3.63, 3.8) is 0 Å². The second-order valence-corrected chi connectivity index (χ2v) is 10.9. The first-order valence-corrected chi connectivity index (χ1v) is 11.3. The molecule has 2 unspecified atom stereocenters. The van der Waals surface area contributed by atoms with Gasteiger partial charge in [0.15, 0.2) is 21.3 Å². The molecule has 5 saturated heterocycles. The van der Waals surface area contributed by atoms with Crippen LogP contribution in [0.25, 0.3) is 0 Å². The van der Waals surface area contributed by atoms with Gasteiger partial charge in [-0.2, -0.15) is 0 Å². The SMILES string of the molecule is O=C1C=C[C@H](O)[C@@H]2[C@@H]1CC13SSC4(C[C@H]5C(=O)C=C[C@H](O)[C@H]5N4C1=O)C(=O)N23. The minimum atomic E-state index is -1.29. The maximum Gasteiger partial charge on any atom is 0.261 e. The van der Waals surface area contributed by atoms with Crippen molar-refractivity contribution >= 4 is 45.0 Å². The fraction of sp³-hybridized carbons (Fsp3) is 0.556. The maximum absolute atomic E-state index is 13.7. The van der Waals surface area contributed by atoms with Gasteiger partial charge in [-0.05, 0) is 12.2 Å². The van der Waals surface area contributed by atoms with E-state index < -0.39 is 45.9 Å². The summed E-state index contributed by atoms with van der Waals surface area (Å²) in [6, 6.07) is -1.55. The topological polar surface area (TPSA) is 115 Å². The monoisotopic (exact) mass is 420 g/mol. The van der Waals surface area contributed by atoms with E-state index in [2.05, 4.69) is 0 Å². The van der Waals surface area contributed by atoms with Crippen LogP contribution in [0.5, 0.6) is 0 Å². The highest BCUT2D eigenvalue weighted by Gasteiger charge is 2.79. The lowest BCUT2D eigenvalue weighted by atomic mass is 9.85. The molecule has 10 heteroatoms. The average Bonchev–Trinajstić information content (AvgIpc) is 3.22. The number of hydrogen-bond donors (Lipinski definition) is 2. The molecule has 2 aliphatic carbocycles. The van der Waals surface area contributed by atoms with Gasteiger partial charge in [0.25, 0.3) is 11.8 Å². The molecule has 28 heavy (non-hydrogen) atoms. The van der Waals surface area contributed by atoms with Crippen LogP contribution >= 0.6 is 21.6 Å². The van der Waals surface area contributed by atoms with Gasteiger partial charge in [-0.25, -0.2) is 0 Å². The van der Waals surface area contributed by atoms with E-state index in [0.717, 1.165) is 0 Å². The van der Waals surface area contributed by atoms with Crippen molar-refractivity contribution in [2.75, 3.05) is 0 Å². The highest BCUT2D eigenvalue weighted by Crippen LogP contribution is 2.69. The molecule has 0 radical (unpaired) electrons. The van der Waals surface area contributed by atoms with Gasteiger partial charge in [0.1, 0.15) is 0 Å². The third-order valence-corrected chi connectivity index (χ3v) is 10.6. The number of piperazine rings is 1. The van der Waals surface area contributed by atoms with Gasteiger partial charge >= 0.3 is 0 Å². The Balaban J connectivity index is 1.52. The number of carbonyl (C=O) groups excluding carboxylic acids is 4. The zero-order chi connectivity index (χ0) is 19.6. The Hall–Kier alpha value is -1.62. The number of amides is 2. The number of ketones is 2. The Morgan fingerprint density at radius 3 is 1.57 bits per heavy atom. The summed E-state index contributed by atoms with van der Waals surface area (Å²) in [5.41, 5.74) is 0. The van der Waals surface area contributed by atoms with E-state index in [1.807, 2.05) is 0 Å². The van der Waals surface area contributed by atoms with Crippen molar-refractivity contribution in [1.82, 2.24) is 9.80 Å². The molecule has 8 atom stereocenters. The summed E-state index contributed by atoms with van der Waals surface area (Å²) in [4.78, 5) is 52.6.